The summed E-state index contributed by atoms with van der Waals surface area (Å²) in [6, 6.07) is 19.1. The molecule has 0 saturated heterocycles. The fraction of sp³-hybridized carbons (Fsp3) is 0.235. The monoisotopic (exact) mass is 315 g/mol. The topological polar surface area (TPSA) is 35.9 Å². The van der Waals surface area contributed by atoms with Crippen molar-refractivity contribution in [2.45, 2.75) is 0 Å². The van der Waals surface area contributed by atoms with E-state index in [4.69, 9.17) is 0 Å². The lowest BCUT2D eigenvalue weighted by Crippen LogP contribution is -2.32. The molecule has 5 heteroatoms. The summed E-state index contributed by atoms with van der Waals surface area (Å²) in [5.41, 5.74) is 1.36. The molecule has 1 unspecified atom stereocenters. The van der Waals surface area contributed by atoms with Gasteiger partial charge in [-0.2, -0.15) is 0 Å². The van der Waals surface area contributed by atoms with Gasteiger partial charge in [-0.1, -0.05) is 36.4 Å². The molecule has 0 heterocycles. The van der Waals surface area contributed by atoms with Crippen molar-refractivity contribution in [1.82, 2.24) is 9.57 Å². The summed E-state index contributed by atoms with van der Waals surface area (Å²) in [4.78, 5) is 6.50. The molecule has 2 aromatic carbocycles. The number of rotatable bonds is 4. The summed E-state index contributed by atoms with van der Waals surface area (Å²) in [5, 5.41) is 0.781. The van der Waals surface area contributed by atoms with E-state index in [0.29, 0.717) is 5.58 Å². The molecule has 0 aliphatic carbocycles. The lowest BCUT2D eigenvalue weighted by molar-refractivity contribution is 0.525. The molecular formula is C17H22N3OP. The Labute approximate surface area is 132 Å². The summed E-state index contributed by atoms with van der Waals surface area (Å²) in [5.74, 6) is 0. The van der Waals surface area contributed by atoms with E-state index in [0.717, 1.165) is 11.0 Å². The van der Waals surface area contributed by atoms with Crippen molar-refractivity contribution < 1.29 is 4.57 Å². The number of para-hydroxylation sites is 1. The molecule has 0 N–H and O–H groups in total. The zero-order valence-electron chi connectivity index (χ0n) is 13.5. The van der Waals surface area contributed by atoms with Gasteiger partial charge in [-0.05, 0) is 38.4 Å². The van der Waals surface area contributed by atoms with E-state index < -0.39 is 7.29 Å². The number of hydrogen-bond acceptors (Lipinski definition) is 2. The molecule has 0 fully saturated rings. The highest BCUT2D eigenvalue weighted by molar-refractivity contribution is 7.85. The van der Waals surface area contributed by atoms with Gasteiger partial charge in [0.25, 0.3) is 0 Å². The van der Waals surface area contributed by atoms with Gasteiger partial charge in [0.1, 0.15) is 0 Å². The van der Waals surface area contributed by atoms with Crippen LogP contribution in [0.15, 0.2) is 65.7 Å². The predicted molar refractivity (Wildman–Crippen MR) is 94.6 cm³/mol. The third-order valence-electron chi connectivity index (χ3n) is 3.33. The molecule has 4 nitrogen and oxygen atoms in total. The van der Waals surface area contributed by atoms with Gasteiger partial charge < -0.3 is 4.90 Å². The highest BCUT2D eigenvalue weighted by Crippen LogP contribution is 2.49. The van der Waals surface area contributed by atoms with Crippen LogP contribution in [0.25, 0.3) is 0 Å². The first-order chi connectivity index (χ1) is 10.5. The van der Waals surface area contributed by atoms with Gasteiger partial charge in [-0.15, -0.1) is 0 Å². The molecule has 0 saturated carbocycles. The molecule has 1 atom stereocenters. The van der Waals surface area contributed by atoms with Crippen LogP contribution >= 0.6 is 7.29 Å². The molecule has 2 rings (SSSR count). The molecule has 116 valence electrons. The van der Waals surface area contributed by atoms with E-state index in [-0.39, 0.29) is 0 Å². The summed E-state index contributed by atoms with van der Waals surface area (Å²) in [7, 11) is 4.45. The van der Waals surface area contributed by atoms with Crippen molar-refractivity contribution in [2.75, 3.05) is 28.2 Å². The van der Waals surface area contributed by atoms with Crippen molar-refractivity contribution in [1.29, 1.82) is 0 Å². The molecular weight excluding hydrogens is 293 g/mol. The Morgan fingerprint density at radius 2 is 1.36 bits per heavy atom. The van der Waals surface area contributed by atoms with E-state index in [1.54, 1.807) is 4.67 Å². The zero-order chi connectivity index (χ0) is 16.2. The molecule has 0 bridgehead atoms. The first kappa shape index (κ1) is 16.5. The van der Waals surface area contributed by atoms with Gasteiger partial charge in [0.2, 0.25) is 7.29 Å². The van der Waals surface area contributed by atoms with Gasteiger partial charge in [-0.3, -0.25) is 9.24 Å². The van der Waals surface area contributed by atoms with Crippen LogP contribution in [0.3, 0.4) is 0 Å². The average molecular weight is 315 g/mol. The highest BCUT2D eigenvalue weighted by Gasteiger charge is 2.35. The second-order valence-electron chi connectivity index (χ2n) is 5.40. The van der Waals surface area contributed by atoms with Crippen LogP contribution in [-0.2, 0) is 4.57 Å². The van der Waals surface area contributed by atoms with Crippen LogP contribution in [0, 0.1) is 0 Å². The predicted octanol–water partition coefficient (Wildman–Crippen LogP) is 3.40. The van der Waals surface area contributed by atoms with Crippen LogP contribution in [0.2, 0.25) is 0 Å². The number of nitrogens with zero attached hydrogens (tertiary/aromatic N) is 3. The Morgan fingerprint density at radius 1 is 0.864 bits per heavy atom. The first-order valence-electron chi connectivity index (χ1n) is 7.11. The maximum Gasteiger partial charge on any atom is 0.240 e. The Morgan fingerprint density at radius 3 is 1.82 bits per heavy atom. The van der Waals surface area contributed by atoms with Gasteiger partial charge >= 0.3 is 0 Å². The van der Waals surface area contributed by atoms with Crippen molar-refractivity contribution >= 4 is 23.9 Å². The fourth-order valence-corrected chi connectivity index (χ4v) is 4.63. The fourth-order valence-electron chi connectivity index (χ4n) is 2.21. The van der Waals surface area contributed by atoms with Crippen molar-refractivity contribution in [3.8, 4) is 0 Å². The van der Waals surface area contributed by atoms with Crippen LogP contribution < -0.4 is 5.30 Å². The molecule has 0 aromatic heterocycles. The van der Waals surface area contributed by atoms with Gasteiger partial charge in [0, 0.05) is 19.4 Å². The quantitative estimate of drug-likeness (QED) is 0.493. The van der Waals surface area contributed by atoms with Gasteiger partial charge in [0.15, 0.2) is 5.58 Å². The number of amidine groups is 1. The van der Waals surface area contributed by atoms with Gasteiger partial charge in [0.05, 0.1) is 5.69 Å². The Hall–Kier alpha value is -1.90. The van der Waals surface area contributed by atoms with Crippen molar-refractivity contribution in [3.63, 3.8) is 0 Å². The van der Waals surface area contributed by atoms with E-state index in [2.05, 4.69) is 4.99 Å². The maximum atomic E-state index is 13.8. The normalized spacial score (nSPS) is 14.7. The number of benzene rings is 2. The minimum atomic E-state index is -2.97. The largest absolute Gasteiger partial charge is 0.359 e. The standard InChI is InChI=1S/C17H22N3OP/c1-19(2)17(18-15-11-7-5-8-12-15)22(21,20(3)4)16-13-9-6-10-14-16/h5-14H,1-4H3. The molecule has 0 radical (unpaired) electrons. The molecule has 22 heavy (non-hydrogen) atoms. The van der Waals surface area contributed by atoms with E-state index in [1.807, 2.05) is 93.8 Å². The zero-order valence-corrected chi connectivity index (χ0v) is 14.4. The minimum Gasteiger partial charge on any atom is -0.359 e. The maximum absolute atomic E-state index is 13.8. The molecule has 0 aliphatic rings. The second kappa shape index (κ2) is 6.91. The van der Waals surface area contributed by atoms with Gasteiger partial charge in [-0.25, -0.2) is 4.99 Å². The third kappa shape index (κ3) is 3.29. The molecule has 0 aliphatic heterocycles. The second-order valence-corrected chi connectivity index (χ2v) is 8.27. The Balaban J connectivity index is 2.62. The number of hydrogen-bond donors (Lipinski definition) is 0. The molecule has 0 spiro atoms. The first-order valence-corrected chi connectivity index (χ1v) is 8.77. The van der Waals surface area contributed by atoms with Crippen LogP contribution in [-0.4, -0.2) is 43.3 Å². The van der Waals surface area contributed by atoms with Crippen molar-refractivity contribution in [2.24, 2.45) is 4.99 Å². The third-order valence-corrected chi connectivity index (χ3v) is 6.49. The molecule has 0 amide bonds. The molecule has 2 aromatic rings. The summed E-state index contributed by atoms with van der Waals surface area (Å²) in [6.45, 7) is 0. The van der Waals surface area contributed by atoms with Crippen LogP contribution in [0.4, 0.5) is 5.69 Å². The average Bonchev–Trinajstić information content (AvgIpc) is 2.53. The Kier molecular flexibility index (Phi) is 5.17. The van der Waals surface area contributed by atoms with E-state index >= 15 is 0 Å². The Bertz CT molecular complexity index is 682. The minimum absolute atomic E-state index is 0.565. The number of aliphatic imine (C=N–C) groups is 1. The van der Waals surface area contributed by atoms with Crippen LogP contribution in [0.1, 0.15) is 0 Å². The summed E-state index contributed by atoms with van der Waals surface area (Å²) < 4.78 is 15.6. The SMILES string of the molecule is CN(C)C(=Nc1ccccc1)P(=O)(c1ccccc1)N(C)C. The van der Waals surface area contributed by atoms with E-state index in [9.17, 15) is 4.57 Å². The summed E-state index contributed by atoms with van der Waals surface area (Å²) in [6.07, 6.45) is 0. The van der Waals surface area contributed by atoms with Crippen molar-refractivity contribution in [3.05, 3.63) is 60.7 Å². The van der Waals surface area contributed by atoms with E-state index in [1.165, 1.54) is 0 Å². The summed E-state index contributed by atoms with van der Waals surface area (Å²) >= 11 is 0. The lowest BCUT2D eigenvalue weighted by atomic mass is 10.3. The smallest absolute Gasteiger partial charge is 0.240 e. The highest BCUT2D eigenvalue weighted by atomic mass is 31.2. The van der Waals surface area contributed by atoms with Crippen LogP contribution in [0.5, 0.6) is 0 Å². The lowest BCUT2D eigenvalue weighted by Gasteiger charge is -2.30.